The first kappa shape index (κ1) is 25.3. The van der Waals surface area contributed by atoms with Gasteiger partial charge in [-0.1, -0.05) is 55.4 Å². The Hall–Kier alpha value is -0.900. The lowest BCUT2D eigenvalue weighted by Gasteiger charge is -2.37. The monoisotopic (exact) mass is 342 g/mol. The summed E-state index contributed by atoms with van der Waals surface area (Å²) in [7, 11) is 1.89. The molecule has 4 nitrogen and oxygen atoms in total. The molecule has 0 fully saturated rings. The zero-order valence-corrected chi connectivity index (χ0v) is 17.9. The number of carbonyl (C=O) groups is 2. The summed E-state index contributed by atoms with van der Waals surface area (Å²) in [5.74, 6) is 0.835. The minimum absolute atomic E-state index is 0.0108. The molecule has 0 radical (unpaired) electrons. The van der Waals surface area contributed by atoms with Crippen molar-refractivity contribution in [3.63, 3.8) is 0 Å². The van der Waals surface area contributed by atoms with Crippen LogP contribution in [0.3, 0.4) is 0 Å². The molecule has 0 aliphatic rings. The van der Waals surface area contributed by atoms with Gasteiger partial charge in [0.1, 0.15) is 5.78 Å². The van der Waals surface area contributed by atoms with Gasteiger partial charge in [0, 0.05) is 19.5 Å². The molecule has 0 unspecified atom stereocenters. The molecule has 1 N–H and O–H groups in total. The van der Waals surface area contributed by atoms with Crippen LogP contribution in [0.4, 0.5) is 0 Å². The van der Waals surface area contributed by atoms with Gasteiger partial charge >= 0.3 is 0 Å². The van der Waals surface area contributed by atoms with Crippen molar-refractivity contribution in [3.05, 3.63) is 0 Å². The summed E-state index contributed by atoms with van der Waals surface area (Å²) in [5, 5.41) is 2.97. The van der Waals surface area contributed by atoms with E-state index in [1.54, 1.807) is 6.92 Å². The Morgan fingerprint density at radius 3 is 2.00 bits per heavy atom. The number of ketones is 1. The van der Waals surface area contributed by atoms with Crippen LogP contribution in [0.15, 0.2) is 0 Å². The molecule has 0 heterocycles. The van der Waals surface area contributed by atoms with Gasteiger partial charge in [-0.15, -0.1) is 0 Å². The van der Waals surface area contributed by atoms with E-state index in [1.165, 1.54) is 0 Å². The zero-order chi connectivity index (χ0) is 19.6. The molecule has 1 amide bonds. The Bertz CT molecular complexity index is 374. The third kappa shape index (κ3) is 12.5. The Kier molecular flexibility index (Phi) is 12.3. The SMILES string of the molecule is CC.CC(=O)CN(C)CCNC(=O)CC(C)(C)CC(C)(C)C(C)C. The number of nitrogens with zero attached hydrogens (tertiary/aromatic N) is 1. The Morgan fingerprint density at radius 1 is 1.08 bits per heavy atom. The summed E-state index contributed by atoms with van der Waals surface area (Å²) in [6.07, 6.45) is 1.56. The number of likely N-dealkylation sites (N-methyl/N-ethyl adjacent to an activating group) is 1. The second kappa shape index (κ2) is 11.6. The average Bonchev–Trinajstić information content (AvgIpc) is 2.37. The lowest BCUT2D eigenvalue weighted by molar-refractivity contribution is -0.123. The molecule has 0 rings (SSSR count). The lowest BCUT2D eigenvalue weighted by Crippen LogP contribution is -2.37. The van der Waals surface area contributed by atoms with Crippen LogP contribution in [0.25, 0.3) is 0 Å². The fraction of sp³-hybridized carbons (Fsp3) is 0.900. The highest BCUT2D eigenvalue weighted by atomic mass is 16.1. The molecule has 24 heavy (non-hydrogen) atoms. The van der Waals surface area contributed by atoms with E-state index in [2.05, 4.69) is 46.9 Å². The van der Waals surface area contributed by atoms with Gasteiger partial charge in [0.25, 0.3) is 0 Å². The molecule has 0 bridgehead atoms. The van der Waals surface area contributed by atoms with E-state index in [0.717, 1.165) is 6.42 Å². The van der Waals surface area contributed by atoms with E-state index < -0.39 is 0 Å². The predicted molar refractivity (Wildman–Crippen MR) is 104 cm³/mol. The number of hydrogen-bond donors (Lipinski definition) is 1. The molecule has 0 spiro atoms. The summed E-state index contributed by atoms with van der Waals surface area (Å²) >= 11 is 0. The van der Waals surface area contributed by atoms with Crippen molar-refractivity contribution in [2.75, 3.05) is 26.7 Å². The van der Waals surface area contributed by atoms with Gasteiger partial charge in [0.2, 0.25) is 5.91 Å². The molecule has 0 saturated heterocycles. The molecule has 0 aliphatic carbocycles. The van der Waals surface area contributed by atoms with Gasteiger partial charge in [0.05, 0.1) is 6.54 Å². The molecular formula is C20H42N2O2. The van der Waals surface area contributed by atoms with Crippen molar-refractivity contribution in [3.8, 4) is 0 Å². The van der Waals surface area contributed by atoms with E-state index in [1.807, 2.05) is 25.8 Å². The fourth-order valence-corrected chi connectivity index (χ4v) is 2.84. The second-order valence-corrected chi connectivity index (χ2v) is 8.45. The van der Waals surface area contributed by atoms with E-state index in [-0.39, 0.29) is 22.5 Å². The van der Waals surface area contributed by atoms with Gasteiger partial charge in [-0.3, -0.25) is 14.5 Å². The van der Waals surface area contributed by atoms with E-state index in [9.17, 15) is 9.59 Å². The summed E-state index contributed by atoms with van der Waals surface area (Å²) in [6.45, 7) is 20.6. The molecule has 0 aromatic rings. The van der Waals surface area contributed by atoms with Crippen LogP contribution in [0.1, 0.15) is 75.2 Å². The summed E-state index contributed by atoms with van der Waals surface area (Å²) in [4.78, 5) is 25.0. The third-order valence-electron chi connectivity index (χ3n) is 4.44. The summed E-state index contributed by atoms with van der Waals surface area (Å²) < 4.78 is 0. The van der Waals surface area contributed by atoms with Crippen molar-refractivity contribution in [2.45, 2.75) is 75.2 Å². The Morgan fingerprint density at radius 2 is 1.58 bits per heavy atom. The highest BCUT2D eigenvalue weighted by Crippen LogP contribution is 2.40. The van der Waals surface area contributed by atoms with Crippen molar-refractivity contribution < 1.29 is 9.59 Å². The van der Waals surface area contributed by atoms with Gasteiger partial charge < -0.3 is 5.32 Å². The largest absolute Gasteiger partial charge is 0.355 e. The molecule has 0 saturated carbocycles. The number of rotatable bonds is 10. The summed E-state index contributed by atoms with van der Waals surface area (Å²) in [6, 6.07) is 0. The van der Waals surface area contributed by atoms with Crippen LogP contribution in [0, 0.1) is 16.7 Å². The van der Waals surface area contributed by atoms with Gasteiger partial charge in [-0.25, -0.2) is 0 Å². The molecule has 144 valence electrons. The number of nitrogens with one attached hydrogen (secondary N) is 1. The van der Waals surface area contributed by atoms with Gasteiger partial charge in [-0.05, 0) is 37.1 Å². The van der Waals surface area contributed by atoms with Crippen LogP contribution in [0.5, 0.6) is 0 Å². The lowest BCUT2D eigenvalue weighted by atomic mass is 9.68. The maximum absolute atomic E-state index is 12.1. The molecule has 0 aliphatic heterocycles. The van der Waals surface area contributed by atoms with Crippen LogP contribution < -0.4 is 5.32 Å². The average molecular weight is 343 g/mol. The third-order valence-corrected chi connectivity index (χ3v) is 4.44. The summed E-state index contributed by atoms with van der Waals surface area (Å²) in [5.41, 5.74) is 0.217. The minimum Gasteiger partial charge on any atom is -0.355 e. The number of carbonyl (C=O) groups excluding carboxylic acids is 2. The topological polar surface area (TPSA) is 49.4 Å². The molecule has 0 aromatic heterocycles. The maximum atomic E-state index is 12.1. The van der Waals surface area contributed by atoms with E-state index in [0.29, 0.717) is 32.0 Å². The highest BCUT2D eigenvalue weighted by molar-refractivity contribution is 5.77. The van der Waals surface area contributed by atoms with Gasteiger partial charge in [0.15, 0.2) is 0 Å². The van der Waals surface area contributed by atoms with Gasteiger partial charge in [-0.2, -0.15) is 0 Å². The van der Waals surface area contributed by atoms with Crippen molar-refractivity contribution in [2.24, 2.45) is 16.7 Å². The van der Waals surface area contributed by atoms with Crippen molar-refractivity contribution in [1.82, 2.24) is 10.2 Å². The van der Waals surface area contributed by atoms with Crippen LogP contribution >= 0.6 is 0 Å². The minimum atomic E-state index is -0.0108. The highest BCUT2D eigenvalue weighted by Gasteiger charge is 2.32. The second-order valence-electron chi connectivity index (χ2n) is 8.45. The van der Waals surface area contributed by atoms with Crippen LogP contribution in [-0.2, 0) is 9.59 Å². The van der Waals surface area contributed by atoms with E-state index in [4.69, 9.17) is 0 Å². The molecule has 4 heteroatoms. The normalized spacial score (nSPS) is 12.0. The quantitative estimate of drug-likeness (QED) is 0.649. The first-order valence-electron chi connectivity index (χ1n) is 9.30. The first-order chi connectivity index (χ1) is 10.9. The maximum Gasteiger partial charge on any atom is 0.220 e. The molecular weight excluding hydrogens is 300 g/mol. The standard InChI is InChI=1S/C18H36N2O2.C2H6/c1-14(2)18(6,7)13-17(4,5)11-16(22)19-9-10-20(8)12-15(3)21;1-2/h14H,9-13H2,1-8H3,(H,19,22);1-2H3. The van der Waals surface area contributed by atoms with E-state index >= 15 is 0 Å². The van der Waals surface area contributed by atoms with Crippen LogP contribution in [0.2, 0.25) is 0 Å². The molecule has 0 aromatic carbocycles. The van der Waals surface area contributed by atoms with Crippen molar-refractivity contribution in [1.29, 1.82) is 0 Å². The Labute approximate surface area is 150 Å². The van der Waals surface area contributed by atoms with Crippen molar-refractivity contribution >= 4 is 11.7 Å². The first-order valence-corrected chi connectivity index (χ1v) is 9.30. The predicted octanol–water partition coefficient (Wildman–Crippen LogP) is 4.14. The number of Topliss-reactive ketones (excluding diaryl/α,β-unsaturated/α-hetero) is 1. The molecule has 0 atom stereocenters. The van der Waals surface area contributed by atoms with Crippen LogP contribution in [-0.4, -0.2) is 43.3 Å². The number of amides is 1. The Balaban J connectivity index is 0. The fourth-order valence-electron chi connectivity index (χ4n) is 2.84. The smallest absolute Gasteiger partial charge is 0.220 e. The zero-order valence-electron chi connectivity index (χ0n) is 17.9. The number of hydrogen-bond acceptors (Lipinski definition) is 3.